The maximum absolute atomic E-state index is 12.2. The lowest BCUT2D eigenvalue weighted by Crippen LogP contribution is -2.10. The number of primary amides is 1. The first-order valence-electron chi connectivity index (χ1n) is 6.21. The molecule has 0 aliphatic rings. The molecule has 0 radical (unpaired) electrons. The summed E-state index contributed by atoms with van der Waals surface area (Å²) >= 11 is 10.9. The summed E-state index contributed by atoms with van der Waals surface area (Å²) in [6.07, 6.45) is -3.93. The summed E-state index contributed by atoms with van der Waals surface area (Å²) in [7, 11) is 0. The third-order valence-electron chi connectivity index (χ3n) is 2.70. The Kier molecular flexibility index (Phi) is 6.62. The molecule has 0 heterocycles. The molecule has 2 rings (SSSR count). The van der Waals surface area contributed by atoms with Gasteiger partial charge in [-0.05, 0) is 36.4 Å². The molecule has 0 aliphatic carbocycles. The molecule has 128 valence electrons. The second-order valence-electron chi connectivity index (χ2n) is 4.41. The summed E-state index contributed by atoms with van der Waals surface area (Å²) in [5.74, 6) is -0.952. The highest BCUT2D eigenvalue weighted by Crippen LogP contribution is 2.36. The highest BCUT2D eigenvalue weighted by Gasteiger charge is 2.31. The Morgan fingerprint density at radius 1 is 1.17 bits per heavy atom. The minimum atomic E-state index is -4.53. The van der Waals surface area contributed by atoms with Crippen LogP contribution in [0.2, 0.25) is 10.0 Å². The lowest BCUT2D eigenvalue weighted by molar-refractivity contribution is -0.137. The van der Waals surface area contributed by atoms with Crippen LogP contribution in [0.4, 0.5) is 13.2 Å². The van der Waals surface area contributed by atoms with E-state index in [4.69, 9.17) is 39.5 Å². The number of phenols is 1. The van der Waals surface area contributed by atoms with Gasteiger partial charge in [-0.1, -0.05) is 23.2 Å². The quantitative estimate of drug-likeness (QED) is 0.671. The van der Waals surface area contributed by atoms with Crippen LogP contribution in [0, 0.1) is 5.41 Å². The van der Waals surface area contributed by atoms with Gasteiger partial charge in [0.15, 0.2) is 0 Å². The standard InChI is InChI=1S/C8H5ClF3NO.C7H6ClNO/c9-6-2-5(8(10,11)12)1-4(3-13)7(6)14;8-6-3-1-5(2-4-6)7(9)10/h1-3,13-14H;1-4H,(H2,9,10). The van der Waals surface area contributed by atoms with E-state index in [1.807, 2.05) is 0 Å². The van der Waals surface area contributed by atoms with Crippen molar-refractivity contribution in [3.8, 4) is 5.75 Å². The van der Waals surface area contributed by atoms with E-state index in [-0.39, 0.29) is 5.56 Å². The minimum Gasteiger partial charge on any atom is -0.506 e. The van der Waals surface area contributed by atoms with Gasteiger partial charge >= 0.3 is 6.18 Å². The van der Waals surface area contributed by atoms with Crippen molar-refractivity contribution in [2.24, 2.45) is 5.73 Å². The van der Waals surface area contributed by atoms with Crippen molar-refractivity contribution in [3.63, 3.8) is 0 Å². The lowest BCUT2D eigenvalue weighted by Gasteiger charge is -2.09. The minimum absolute atomic E-state index is 0.259. The fourth-order valence-corrected chi connectivity index (χ4v) is 1.86. The fraction of sp³-hybridized carbons (Fsp3) is 0.0667. The maximum Gasteiger partial charge on any atom is 0.416 e. The number of hydrogen-bond acceptors (Lipinski definition) is 3. The molecule has 0 atom stereocenters. The number of benzene rings is 2. The van der Waals surface area contributed by atoms with Crippen molar-refractivity contribution < 1.29 is 23.1 Å². The molecular formula is C15H11Cl2F3N2O2. The predicted octanol–water partition coefficient (Wildman–Crippen LogP) is 4.50. The van der Waals surface area contributed by atoms with Gasteiger partial charge in [-0.15, -0.1) is 0 Å². The molecule has 2 aromatic carbocycles. The van der Waals surface area contributed by atoms with Gasteiger partial charge in [0.05, 0.1) is 10.6 Å². The van der Waals surface area contributed by atoms with Crippen molar-refractivity contribution in [2.75, 3.05) is 0 Å². The van der Waals surface area contributed by atoms with E-state index in [1.165, 1.54) is 0 Å². The number of rotatable bonds is 2. The summed E-state index contributed by atoms with van der Waals surface area (Å²) in [6.45, 7) is 0. The van der Waals surface area contributed by atoms with Crippen LogP contribution in [0.3, 0.4) is 0 Å². The Morgan fingerprint density at radius 2 is 1.71 bits per heavy atom. The monoisotopic (exact) mass is 378 g/mol. The number of nitrogens with one attached hydrogen (secondary N) is 1. The fourth-order valence-electron chi connectivity index (χ4n) is 1.51. The summed E-state index contributed by atoms with van der Waals surface area (Å²) in [4.78, 5) is 10.5. The van der Waals surface area contributed by atoms with E-state index in [1.54, 1.807) is 24.3 Å². The number of halogens is 5. The molecule has 0 unspecified atom stereocenters. The molecular weight excluding hydrogens is 368 g/mol. The Bertz CT molecular complexity index is 748. The van der Waals surface area contributed by atoms with Crippen LogP contribution in [-0.2, 0) is 6.18 Å². The van der Waals surface area contributed by atoms with Gasteiger partial charge in [0, 0.05) is 22.4 Å². The number of hydrogen-bond donors (Lipinski definition) is 3. The zero-order valence-electron chi connectivity index (χ0n) is 11.9. The predicted molar refractivity (Wildman–Crippen MR) is 86.0 cm³/mol. The molecule has 0 saturated heterocycles. The van der Waals surface area contributed by atoms with Crippen molar-refractivity contribution in [1.82, 2.24) is 0 Å². The van der Waals surface area contributed by atoms with E-state index in [0.717, 1.165) is 0 Å². The summed E-state index contributed by atoms with van der Waals surface area (Å²) in [5, 5.41) is 16.1. The van der Waals surface area contributed by atoms with Crippen LogP contribution >= 0.6 is 23.2 Å². The molecule has 4 N–H and O–H groups in total. The number of carbonyl (C=O) groups is 1. The first-order valence-corrected chi connectivity index (χ1v) is 6.97. The number of amides is 1. The van der Waals surface area contributed by atoms with E-state index in [2.05, 4.69) is 0 Å². The van der Waals surface area contributed by atoms with Crippen LogP contribution in [0.5, 0.6) is 5.75 Å². The summed E-state index contributed by atoms with van der Waals surface area (Å²) < 4.78 is 36.6. The Morgan fingerprint density at radius 3 is 2.12 bits per heavy atom. The molecule has 24 heavy (non-hydrogen) atoms. The van der Waals surface area contributed by atoms with E-state index in [0.29, 0.717) is 28.9 Å². The van der Waals surface area contributed by atoms with Gasteiger partial charge in [0.2, 0.25) is 5.91 Å². The average molecular weight is 379 g/mol. The van der Waals surface area contributed by atoms with Crippen molar-refractivity contribution >= 4 is 35.3 Å². The smallest absolute Gasteiger partial charge is 0.416 e. The Balaban J connectivity index is 0.000000254. The third kappa shape index (κ3) is 5.43. The van der Waals surface area contributed by atoms with Crippen LogP contribution in [0.1, 0.15) is 21.5 Å². The van der Waals surface area contributed by atoms with Crippen LogP contribution in [0.15, 0.2) is 36.4 Å². The first kappa shape index (κ1) is 19.8. The molecule has 1 amide bonds. The highest BCUT2D eigenvalue weighted by molar-refractivity contribution is 6.32. The second-order valence-corrected chi connectivity index (χ2v) is 5.25. The van der Waals surface area contributed by atoms with Gasteiger partial charge in [-0.2, -0.15) is 13.2 Å². The van der Waals surface area contributed by atoms with Crippen LogP contribution in [0.25, 0.3) is 0 Å². The highest BCUT2D eigenvalue weighted by atomic mass is 35.5. The normalized spacial score (nSPS) is 10.5. The molecule has 0 fully saturated rings. The Hall–Kier alpha value is -2.25. The first-order chi connectivity index (χ1) is 11.1. The number of carbonyl (C=O) groups excluding carboxylic acids is 1. The summed E-state index contributed by atoms with van der Waals surface area (Å²) in [5.41, 5.74) is 4.21. The number of nitrogens with two attached hydrogens (primary N) is 1. The molecule has 2 aromatic rings. The molecule has 0 aliphatic heterocycles. The number of alkyl halides is 3. The zero-order valence-corrected chi connectivity index (χ0v) is 13.4. The van der Waals surface area contributed by atoms with Crippen molar-refractivity contribution in [2.45, 2.75) is 6.18 Å². The lowest BCUT2D eigenvalue weighted by atomic mass is 10.1. The molecule has 4 nitrogen and oxygen atoms in total. The van der Waals surface area contributed by atoms with Crippen LogP contribution in [-0.4, -0.2) is 17.2 Å². The molecule has 0 saturated carbocycles. The molecule has 0 spiro atoms. The number of phenolic OH excluding ortho intramolecular Hbond substituents is 1. The SMILES string of the molecule is N=Cc1cc(C(F)(F)F)cc(Cl)c1O.NC(=O)c1ccc(Cl)cc1. The van der Waals surface area contributed by atoms with Crippen molar-refractivity contribution in [1.29, 1.82) is 5.41 Å². The number of aromatic hydroxyl groups is 1. The van der Waals surface area contributed by atoms with Crippen LogP contribution < -0.4 is 5.73 Å². The topological polar surface area (TPSA) is 87.2 Å². The average Bonchev–Trinajstić information content (AvgIpc) is 2.50. The van der Waals surface area contributed by atoms with Gasteiger partial charge in [-0.25, -0.2) is 0 Å². The summed E-state index contributed by atoms with van der Waals surface area (Å²) in [6, 6.07) is 7.71. The van der Waals surface area contributed by atoms with Gasteiger partial charge in [0.25, 0.3) is 0 Å². The zero-order chi connectivity index (χ0) is 18.5. The van der Waals surface area contributed by atoms with Gasteiger partial charge < -0.3 is 16.2 Å². The van der Waals surface area contributed by atoms with E-state index < -0.39 is 28.4 Å². The third-order valence-corrected chi connectivity index (χ3v) is 3.24. The van der Waals surface area contributed by atoms with Gasteiger partial charge in [0.1, 0.15) is 5.75 Å². The Labute approximate surface area is 145 Å². The van der Waals surface area contributed by atoms with E-state index in [9.17, 15) is 18.0 Å². The van der Waals surface area contributed by atoms with Crippen molar-refractivity contribution in [3.05, 3.63) is 63.1 Å². The van der Waals surface area contributed by atoms with E-state index >= 15 is 0 Å². The maximum atomic E-state index is 12.2. The largest absolute Gasteiger partial charge is 0.506 e. The second kappa shape index (κ2) is 8.03. The molecule has 0 bridgehead atoms. The molecule has 9 heteroatoms. The van der Waals surface area contributed by atoms with Gasteiger partial charge in [-0.3, -0.25) is 4.79 Å². The molecule has 0 aromatic heterocycles.